The van der Waals surface area contributed by atoms with Crippen molar-refractivity contribution in [1.82, 2.24) is 0 Å². The molecule has 0 amide bonds. The van der Waals surface area contributed by atoms with Crippen LogP contribution in [-0.4, -0.2) is 5.97 Å². The number of esters is 1. The molecular weight excluding hydrogens is 304 g/mol. The Balaban J connectivity index is 2.11. The van der Waals surface area contributed by atoms with E-state index in [0.29, 0.717) is 5.02 Å². The van der Waals surface area contributed by atoms with Gasteiger partial charge in [0.2, 0.25) is 0 Å². The van der Waals surface area contributed by atoms with Crippen LogP contribution in [0.5, 0.6) is 0 Å². The van der Waals surface area contributed by atoms with Crippen molar-refractivity contribution in [2.75, 3.05) is 5.73 Å². The molecule has 0 bridgehead atoms. The van der Waals surface area contributed by atoms with Crippen LogP contribution >= 0.6 is 23.2 Å². The second-order valence-electron chi connectivity index (χ2n) is 4.02. The van der Waals surface area contributed by atoms with Crippen molar-refractivity contribution in [3.05, 3.63) is 63.4 Å². The van der Waals surface area contributed by atoms with E-state index in [1.165, 1.54) is 30.3 Å². The van der Waals surface area contributed by atoms with E-state index in [2.05, 4.69) is 0 Å². The molecule has 0 aliphatic rings. The van der Waals surface area contributed by atoms with Gasteiger partial charge in [0, 0.05) is 16.3 Å². The van der Waals surface area contributed by atoms with Gasteiger partial charge in [-0.3, -0.25) is 0 Å². The standard InChI is InChI=1S/C14H10Cl2FNO2/c15-9-4-5-10(12(18)6-9)14(19)20-7-8-2-1-3-11(16)13(8)17/h1-6H,7,18H2. The Morgan fingerprint density at radius 2 is 2.00 bits per heavy atom. The Hall–Kier alpha value is -1.78. The summed E-state index contributed by atoms with van der Waals surface area (Å²) in [5, 5.41) is 0.393. The molecule has 3 nitrogen and oxygen atoms in total. The Labute approximate surface area is 125 Å². The zero-order valence-electron chi connectivity index (χ0n) is 10.2. The molecule has 6 heteroatoms. The zero-order valence-corrected chi connectivity index (χ0v) is 11.7. The lowest BCUT2D eigenvalue weighted by Gasteiger charge is -2.08. The van der Waals surface area contributed by atoms with Crippen molar-refractivity contribution in [1.29, 1.82) is 0 Å². The molecule has 0 fully saturated rings. The van der Waals surface area contributed by atoms with Gasteiger partial charge in [-0.25, -0.2) is 9.18 Å². The second-order valence-corrected chi connectivity index (χ2v) is 4.86. The van der Waals surface area contributed by atoms with Gasteiger partial charge in [0.1, 0.15) is 12.4 Å². The lowest BCUT2D eigenvalue weighted by atomic mass is 10.2. The van der Waals surface area contributed by atoms with E-state index < -0.39 is 11.8 Å². The first-order valence-corrected chi connectivity index (χ1v) is 6.39. The quantitative estimate of drug-likeness (QED) is 0.686. The number of nitrogen functional groups attached to an aromatic ring is 1. The maximum Gasteiger partial charge on any atom is 0.340 e. The zero-order chi connectivity index (χ0) is 14.7. The summed E-state index contributed by atoms with van der Waals surface area (Å²) in [4.78, 5) is 11.8. The van der Waals surface area contributed by atoms with E-state index in [-0.39, 0.29) is 28.4 Å². The Morgan fingerprint density at radius 3 is 2.70 bits per heavy atom. The number of carbonyl (C=O) groups is 1. The van der Waals surface area contributed by atoms with Crippen molar-refractivity contribution in [2.24, 2.45) is 0 Å². The van der Waals surface area contributed by atoms with Gasteiger partial charge in [0.05, 0.1) is 10.6 Å². The minimum Gasteiger partial charge on any atom is -0.457 e. The Morgan fingerprint density at radius 1 is 1.25 bits per heavy atom. The molecule has 0 aromatic heterocycles. The summed E-state index contributed by atoms with van der Waals surface area (Å²) in [5.74, 6) is -1.26. The molecule has 0 aliphatic heterocycles. The molecule has 0 saturated heterocycles. The normalized spacial score (nSPS) is 10.3. The monoisotopic (exact) mass is 313 g/mol. The van der Waals surface area contributed by atoms with Crippen LogP contribution in [0.4, 0.5) is 10.1 Å². The van der Waals surface area contributed by atoms with Gasteiger partial charge < -0.3 is 10.5 Å². The van der Waals surface area contributed by atoms with Crippen molar-refractivity contribution >= 4 is 34.9 Å². The van der Waals surface area contributed by atoms with Crippen LogP contribution in [0, 0.1) is 5.82 Å². The van der Waals surface area contributed by atoms with Crippen molar-refractivity contribution < 1.29 is 13.9 Å². The Bertz CT molecular complexity index is 662. The molecular formula is C14H10Cl2FNO2. The third-order valence-electron chi connectivity index (χ3n) is 2.62. The fourth-order valence-corrected chi connectivity index (χ4v) is 1.98. The molecule has 2 aromatic rings. The molecule has 20 heavy (non-hydrogen) atoms. The average Bonchev–Trinajstić information content (AvgIpc) is 2.40. The van der Waals surface area contributed by atoms with Crippen molar-refractivity contribution in [3.8, 4) is 0 Å². The number of anilines is 1. The summed E-state index contributed by atoms with van der Waals surface area (Å²) in [6.07, 6.45) is 0. The van der Waals surface area contributed by atoms with Crippen LogP contribution in [0.2, 0.25) is 10.0 Å². The highest BCUT2D eigenvalue weighted by atomic mass is 35.5. The minimum atomic E-state index is -0.654. The molecule has 0 saturated carbocycles. The van der Waals surface area contributed by atoms with Gasteiger partial charge in [-0.05, 0) is 24.3 Å². The molecule has 2 rings (SSSR count). The highest BCUT2D eigenvalue weighted by Crippen LogP contribution is 2.21. The highest BCUT2D eigenvalue weighted by molar-refractivity contribution is 6.31. The summed E-state index contributed by atoms with van der Waals surface area (Å²) in [7, 11) is 0. The van der Waals surface area contributed by atoms with E-state index in [0.717, 1.165) is 0 Å². The lowest BCUT2D eigenvalue weighted by molar-refractivity contribution is 0.0470. The Kier molecular flexibility index (Phi) is 4.47. The first-order chi connectivity index (χ1) is 9.49. The largest absolute Gasteiger partial charge is 0.457 e. The fourth-order valence-electron chi connectivity index (χ4n) is 1.60. The van der Waals surface area contributed by atoms with Gasteiger partial charge in [-0.15, -0.1) is 0 Å². The number of rotatable bonds is 3. The van der Waals surface area contributed by atoms with E-state index >= 15 is 0 Å². The van der Waals surface area contributed by atoms with Crippen molar-refractivity contribution in [3.63, 3.8) is 0 Å². The van der Waals surface area contributed by atoms with Crippen LogP contribution in [0.3, 0.4) is 0 Å². The average molecular weight is 314 g/mol. The van der Waals surface area contributed by atoms with E-state index in [4.69, 9.17) is 33.7 Å². The molecule has 104 valence electrons. The van der Waals surface area contributed by atoms with Crippen molar-refractivity contribution in [2.45, 2.75) is 6.61 Å². The van der Waals surface area contributed by atoms with Crippen LogP contribution < -0.4 is 5.73 Å². The first kappa shape index (κ1) is 14.6. The van der Waals surface area contributed by atoms with Gasteiger partial charge in [0.25, 0.3) is 0 Å². The number of halogens is 3. The highest BCUT2D eigenvalue weighted by Gasteiger charge is 2.13. The summed E-state index contributed by atoms with van der Waals surface area (Å²) < 4.78 is 18.6. The fraction of sp³-hybridized carbons (Fsp3) is 0.0714. The van der Waals surface area contributed by atoms with Crippen LogP contribution in [0.1, 0.15) is 15.9 Å². The minimum absolute atomic E-state index is 0.0236. The third kappa shape index (κ3) is 3.21. The predicted molar refractivity (Wildman–Crippen MR) is 76.4 cm³/mol. The van der Waals surface area contributed by atoms with Gasteiger partial charge in [0.15, 0.2) is 0 Å². The maximum absolute atomic E-state index is 13.6. The molecule has 0 unspecified atom stereocenters. The third-order valence-corrected chi connectivity index (χ3v) is 3.15. The molecule has 0 heterocycles. The van der Waals surface area contributed by atoms with Gasteiger partial charge in [-0.1, -0.05) is 35.3 Å². The number of ether oxygens (including phenoxy) is 1. The van der Waals surface area contributed by atoms with E-state index in [1.807, 2.05) is 0 Å². The summed E-state index contributed by atoms with van der Waals surface area (Å²) in [6.45, 7) is -0.229. The van der Waals surface area contributed by atoms with Crippen LogP contribution in [0.15, 0.2) is 36.4 Å². The summed E-state index contributed by atoms with van der Waals surface area (Å²) in [5.41, 5.74) is 6.24. The molecule has 0 atom stereocenters. The van der Waals surface area contributed by atoms with E-state index in [9.17, 15) is 9.18 Å². The van der Waals surface area contributed by atoms with E-state index in [1.54, 1.807) is 6.07 Å². The molecule has 0 aliphatic carbocycles. The topological polar surface area (TPSA) is 52.3 Å². The number of nitrogens with two attached hydrogens (primary N) is 1. The summed E-state index contributed by atoms with van der Waals surface area (Å²) >= 11 is 11.4. The maximum atomic E-state index is 13.6. The SMILES string of the molecule is Nc1cc(Cl)ccc1C(=O)OCc1cccc(Cl)c1F. The second kappa shape index (κ2) is 6.11. The number of carbonyl (C=O) groups excluding carboxylic acids is 1. The molecule has 0 spiro atoms. The molecule has 2 aromatic carbocycles. The number of hydrogen-bond acceptors (Lipinski definition) is 3. The first-order valence-electron chi connectivity index (χ1n) is 5.64. The predicted octanol–water partition coefficient (Wildman–Crippen LogP) is 4.07. The van der Waals surface area contributed by atoms with Crippen LogP contribution in [0.25, 0.3) is 0 Å². The number of hydrogen-bond donors (Lipinski definition) is 1. The smallest absolute Gasteiger partial charge is 0.340 e. The number of benzene rings is 2. The van der Waals surface area contributed by atoms with Gasteiger partial charge >= 0.3 is 5.97 Å². The molecule has 2 N–H and O–H groups in total. The van der Waals surface area contributed by atoms with Crippen LogP contribution in [-0.2, 0) is 11.3 Å². The molecule has 0 radical (unpaired) electrons. The summed E-state index contributed by atoms with van der Waals surface area (Å²) in [6, 6.07) is 8.89. The lowest BCUT2D eigenvalue weighted by Crippen LogP contribution is -2.09. The van der Waals surface area contributed by atoms with Gasteiger partial charge in [-0.2, -0.15) is 0 Å².